The molecule has 2 aromatic rings. The minimum absolute atomic E-state index is 0.0553. The number of carbonyl (C=O) groups excluding carboxylic acids is 2. The molecule has 11 heteroatoms. The van der Waals surface area contributed by atoms with Gasteiger partial charge in [-0.2, -0.15) is 0 Å². The van der Waals surface area contributed by atoms with E-state index in [9.17, 15) is 28.1 Å². The summed E-state index contributed by atoms with van der Waals surface area (Å²) in [6, 6.07) is 8.57. The van der Waals surface area contributed by atoms with Crippen LogP contribution in [0.2, 0.25) is 0 Å². The van der Waals surface area contributed by atoms with Gasteiger partial charge in [-0.15, -0.1) is 0 Å². The fraction of sp³-hybridized carbons (Fsp3) is 0.300. The van der Waals surface area contributed by atoms with Gasteiger partial charge in [0.25, 0.3) is 5.69 Å². The first-order valence-electron chi connectivity index (χ1n) is 9.23. The van der Waals surface area contributed by atoms with Gasteiger partial charge in [-0.3, -0.25) is 19.2 Å². The number of nitro groups is 1. The van der Waals surface area contributed by atoms with Gasteiger partial charge in [0.1, 0.15) is 6.04 Å². The first-order chi connectivity index (χ1) is 14.5. The van der Waals surface area contributed by atoms with Crippen LogP contribution in [0.15, 0.2) is 42.5 Å². The number of carbonyl (C=O) groups is 2. The zero-order valence-electron chi connectivity index (χ0n) is 17.5. The number of esters is 1. The molecule has 166 valence electrons. The topological polar surface area (TPSA) is 136 Å². The molecule has 0 aromatic heterocycles. The van der Waals surface area contributed by atoms with Crippen LogP contribution in [0.4, 0.5) is 17.1 Å². The number of nitrogens with zero attached hydrogens (tertiary/aromatic N) is 2. The summed E-state index contributed by atoms with van der Waals surface area (Å²) in [5, 5.41) is 13.8. The number of nitrogens with one attached hydrogen (secondary N) is 1. The van der Waals surface area contributed by atoms with Crippen LogP contribution in [-0.4, -0.2) is 44.6 Å². The summed E-state index contributed by atoms with van der Waals surface area (Å²) in [7, 11) is -2.71. The second-order valence-corrected chi connectivity index (χ2v) is 8.63. The molecule has 31 heavy (non-hydrogen) atoms. The van der Waals surface area contributed by atoms with Gasteiger partial charge >= 0.3 is 5.97 Å². The van der Waals surface area contributed by atoms with Crippen molar-refractivity contribution in [3.63, 3.8) is 0 Å². The average Bonchev–Trinajstić information content (AvgIpc) is 2.71. The molecule has 1 N–H and O–H groups in total. The Morgan fingerprint density at radius 3 is 2.29 bits per heavy atom. The second-order valence-electron chi connectivity index (χ2n) is 6.77. The molecule has 1 unspecified atom stereocenters. The Morgan fingerprint density at radius 1 is 1.19 bits per heavy atom. The Morgan fingerprint density at radius 2 is 1.81 bits per heavy atom. The van der Waals surface area contributed by atoms with Crippen molar-refractivity contribution in [2.24, 2.45) is 0 Å². The summed E-state index contributed by atoms with van der Waals surface area (Å²) in [4.78, 5) is 35.0. The van der Waals surface area contributed by atoms with Crippen LogP contribution in [0.5, 0.6) is 0 Å². The number of sulfonamides is 1. The molecule has 1 amide bonds. The van der Waals surface area contributed by atoms with Crippen LogP contribution in [0.1, 0.15) is 29.3 Å². The summed E-state index contributed by atoms with van der Waals surface area (Å²) in [5.41, 5.74) is 0.866. The summed E-state index contributed by atoms with van der Waals surface area (Å²) < 4.78 is 30.7. The summed E-state index contributed by atoms with van der Waals surface area (Å²) in [6.45, 7) is 3.24. The number of non-ortho nitro benzene ring substituents is 1. The molecule has 0 fully saturated rings. The molecular formula is C20H23N3O7S. The first kappa shape index (κ1) is 23.8. The fourth-order valence-corrected chi connectivity index (χ4v) is 4.28. The van der Waals surface area contributed by atoms with E-state index in [0.717, 1.165) is 16.6 Å². The van der Waals surface area contributed by atoms with Gasteiger partial charge in [-0.1, -0.05) is 13.0 Å². The van der Waals surface area contributed by atoms with Crippen LogP contribution in [0, 0.1) is 17.0 Å². The van der Waals surface area contributed by atoms with Gasteiger partial charge < -0.3 is 10.1 Å². The minimum Gasteiger partial charge on any atom is -0.465 e. The highest BCUT2D eigenvalue weighted by molar-refractivity contribution is 7.92. The molecular weight excluding hydrogens is 426 g/mol. The third-order valence-electron chi connectivity index (χ3n) is 4.54. The lowest BCUT2D eigenvalue weighted by Gasteiger charge is -2.31. The van der Waals surface area contributed by atoms with Crippen molar-refractivity contribution >= 4 is 39.0 Å². The predicted molar refractivity (Wildman–Crippen MR) is 116 cm³/mol. The molecule has 0 aliphatic carbocycles. The number of ether oxygens (including phenoxy) is 1. The molecule has 0 radical (unpaired) electrons. The van der Waals surface area contributed by atoms with E-state index in [1.54, 1.807) is 13.8 Å². The number of rotatable bonds is 8. The number of benzene rings is 2. The van der Waals surface area contributed by atoms with E-state index in [2.05, 4.69) is 10.1 Å². The standard InChI is InChI=1S/C20H23N3O7S/c1-5-17(19(24)21-15-9-7-14(8-10-15)20(25)30-3)22(31(4,28)29)18-12-16(23(26)27)11-6-13(18)2/h6-12,17H,5H2,1-4H3,(H,21,24). The molecule has 0 bridgehead atoms. The Kier molecular flexibility index (Phi) is 7.34. The summed E-state index contributed by atoms with van der Waals surface area (Å²) >= 11 is 0. The van der Waals surface area contributed by atoms with Crippen LogP contribution in [-0.2, 0) is 19.6 Å². The summed E-state index contributed by atoms with van der Waals surface area (Å²) in [5.74, 6) is -1.15. The number of anilines is 2. The highest BCUT2D eigenvalue weighted by atomic mass is 32.2. The monoisotopic (exact) mass is 449 g/mol. The van der Waals surface area contributed by atoms with E-state index in [1.807, 2.05) is 0 Å². The van der Waals surface area contributed by atoms with Gasteiger partial charge in [0.05, 0.1) is 29.5 Å². The first-order valence-corrected chi connectivity index (χ1v) is 11.1. The molecule has 0 saturated carbocycles. The predicted octanol–water partition coefficient (Wildman–Crippen LogP) is 2.87. The van der Waals surface area contributed by atoms with Crippen molar-refractivity contribution in [1.29, 1.82) is 0 Å². The largest absolute Gasteiger partial charge is 0.465 e. The number of nitro benzene ring substituents is 1. The van der Waals surface area contributed by atoms with Gasteiger partial charge in [0.2, 0.25) is 15.9 Å². The Bertz CT molecular complexity index is 1100. The lowest BCUT2D eigenvalue weighted by molar-refractivity contribution is -0.384. The quantitative estimate of drug-likeness (QED) is 0.372. The normalized spacial score (nSPS) is 12.0. The van der Waals surface area contributed by atoms with Crippen molar-refractivity contribution in [2.75, 3.05) is 23.0 Å². The lowest BCUT2D eigenvalue weighted by atomic mass is 10.1. The minimum atomic E-state index is -3.96. The highest BCUT2D eigenvalue weighted by Gasteiger charge is 2.33. The van der Waals surface area contributed by atoms with Crippen LogP contribution in [0.3, 0.4) is 0 Å². The molecule has 2 aromatic carbocycles. The van der Waals surface area contributed by atoms with E-state index in [-0.39, 0.29) is 23.4 Å². The number of amides is 1. The molecule has 0 saturated heterocycles. The molecule has 0 heterocycles. The number of hydrogen-bond acceptors (Lipinski definition) is 7. The van der Waals surface area contributed by atoms with E-state index < -0.39 is 32.9 Å². The van der Waals surface area contributed by atoms with E-state index >= 15 is 0 Å². The fourth-order valence-electron chi connectivity index (χ4n) is 3.02. The maximum atomic E-state index is 13.0. The highest BCUT2D eigenvalue weighted by Crippen LogP contribution is 2.30. The smallest absolute Gasteiger partial charge is 0.337 e. The third kappa shape index (κ3) is 5.57. The Labute approximate surface area is 180 Å². The van der Waals surface area contributed by atoms with Crippen molar-refractivity contribution in [3.8, 4) is 0 Å². The van der Waals surface area contributed by atoms with E-state index in [0.29, 0.717) is 11.3 Å². The second kappa shape index (κ2) is 9.56. The lowest BCUT2D eigenvalue weighted by Crippen LogP contribution is -2.47. The molecule has 0 spiro atoms. The average molecular weight is 449 g/mol. The molecule has 0 aliphatic rings. The van der Waals surface area contributed by atoms with Crippen LogP contribution in [0.25, 0.3) is 0 Å². The van der Waals surface area contributed by atoms with Crippen molar-refractivity contribution in [3.05, 3.63) is 63.7 Å². The third-order valence-corrected chi connectivity index (χ3v) is 5.71. The van der Waals surface area contributed by atoms with Gasteiger partial charge in [-0.25, -0.2) is 13.2 Å². The Balaban J connectivity index is 2.42. The zero-order valence-corrected chi connectivity index (χ0v) is 18.3. The van der Waals surface area contributed by atoms with Crippen molar-refractivity contribution in [2.45, 2.75) is 26.3 Å². The Hall–Kier alpha value is -3.47. The van der Waals surface area contributed by atoms with E-state index in [1.165, 1.54) is 43.5 Å². The van der Waals surface area contributed by atoms with Gasteiger partial charge in [0.15, 0.2) is 0 Å². The molecule has 10 nitrogen and oxygen atoms in total. The van der Waals surface area contributed by atoms with Gasteiger partial charge in [0, 0.05) is 17.8 Å². The van der Waals surface area contributed by atoms with Crippen LogP contribution >= 0.6 is 0 Å². The zero-order chi connectivity index (χ0) is 23.3. The van der Waals surface area contributed by atoms with E-state index in [4.69, 9.17) is 0 Å². The SMILES string of the molecule is CCC(C(=O)Nc1ccc(C(=O)OC)cc1)N(c1cc([N+](=O)[O-])ccc1C)S(C)(=O)=O. The van der Waals surface area contributed by atoms with Crippen LogP contribution < -0.4 is 9.62 Å². The maximum Gasteiger partial charge on any atom is 0.337 e. The summed E-state index contributed by atoms with van der Waals surface area (Å²) in [6.07, 6.45) is 1.05. The molecule has 2 rings (SSSR count). The molecule has 0 aliphatic heterocycles. The number of aryl methyl sites for hydroxylation is 1. The van der Waals surface area contributed by atoms with Crippen molar-refractivity contribution in [1.82, 2.24) is 0 Å². The van der Waals surface area contributed by atoms with Gasteiger partial charge in [-0.05, 0) is 43.2 Å². The van der Waals surface area contributed by atoms with Crippen molar-refractivity contribution < 1.29 is 27.7 Å². The number of hydrogen-bond donors (Lipinski definition) is 1. The maximum absolute atomic E-state index is 13.0. The molecule has 1 atom stereocenters. The number of methoxy groups -OCH3 is 1.